The van der Waals surface area contributed by atoms with Crippen LogP contribution in [-0.4, -0.2) is 11.8 Å². The minimum absolute atomic E-state index is 0.216. The van der Waals surface area contributed by atoms with E-state index in [-0.39, 0.29) is 5.91 Å². The standard InChI is InChI=1S/C17H18N2O2S/c18-16(20)15(11-6-2-1-3-7-11)19-17(21)13-10-22-14-9-5-4-8-12(13)14/h1-3,6-7,10,15H,4-5,8-9H2,(H2,18,20)(H,19,21)/t15-/m0/s1. The number of carbonyl (C=O) groups is 2. The maximum absolute atomic E-state index is 12.6. The van der Waals surface area contributed by atoms with E-state index in [9.17, 15) is 9.59 Å². The average Bonchev–Trinajstić information content (AvgIpc) is 2.97. The number of nitrogens with two attached hydrogens (primary N) is 1. The van der Waals surface area contributed by atoms with Crippen LogP contribution in [-0.2, 0) is 17.6 Å². The smallest absolute Gasteiger partial charge is 0.253 e. The van der Waals surface area contributed by atoms with Crippen molar-refractivity contribution in [1.29, 1.82) is 0 Å². The normalized spacial score (nSPS) is 14.9. The third-order valence-electron chi connectivity index (χ3n) is 4.00. The number of amides is 2. The topological polar surface area (TPSA) is 72.2 Å². The van der Waals surface area contributed by atoms with Gasteiger partial charge in [-0.3, -0.25) is 9.59 Å². The summed E-state index contributed by atoms with van der Waals surface area (Å²) in [6.45, 7) is 0. The molecule has 2 amide bonds. The molecule has 0 aliphatic heterocycles. The molecule has 0 bridgehead atoms. The number of hydrogen-bond acceptors (Lipinski definition) is 3. The summed E-state index contributed by atoms with van der Waals surface area (Å²) >= 11 is 1.63. The third-order valence-corrected chi connectivity index (χ3v) is 5.09. The van der Waals surface area contributed by atoms with E-state index in [1.807, 2.05) is 23.6 Å². The average molecular weight is 314 g/mol. The number of carbonyl (C=O) groups excluding carboxylic acids is 2. The van der Waals surface area contributed by atoms with Gasteiger partial charge in [0.05, 0.1) is 5.56 Å². The van der Waals surface area contributed by atoms with Crippen molar-refractivity contribution in [1.82, 2.24) is 5.32 Å². The van der Waals surface area contributed by atoms with Gasteiger partial charge < -0.3 is 11.1 Å². The van der Waals surface area contributed by atoms with Gasteiger partial charge in [-0.05, 0) is 36.8 Å². The van der Waals surface area contributed by atoms with Gasteiger partial charge in [0, 0.05) is 10.3 Å². The minimum Gasteiger partial charge on any atom is -0.368 e. The van der Waals surface area contributed by atoms with E-state index in [2.05, 4.69) is 5.32 Å². The first-order valence-corrected chi connectivity index (χ1v) is 8.29. The zero-order valence-corrected chi connectivity index (χ0v) is 13.0. The molecule has 0 fully saturated rings. The molecule has 22 heavy (non-hydrogen) atoms. The van der Waals surface area contributed by atoms with E-state index >= 15 is 0 Å². The first-order valence-electron chi connectivity index (χ1n) is 7.41. The molecule has 0 saturated heterocycles. The van der Waals surface area contributed by atoms with E-state index in [1.54, 1.807) is 23.5 Å². The molecule has 2 aromatic rings. The van der Waals surface area contributed by atoms with Crippen LogP contribution >= 0.6 is 11.3 Å². The number of aryl methyl sites for hydroxylation is 1. The van der Waals surface area contributed by atoms with Crippen LogP contribution in [0.15, 0.2) is 35.7 Å². The number of hydrogen-bond donors (Lipinski definition) is 2. The summed E-state index contributed by atoms with van der Waals surface area (Å²) in [7, 11) is 0. The van der Waals surface area contributed by atoms with Crippen LogP contribution in [0.5, 0.6) is 0 Å². The summed E-state index contributed by atoms with van der Waals surface area (Å²) in [5.74, 6) is -0.768. The molecular weight excluding hydrogens is 296 g/mol. The summed E-state index contributed by atoms with van der Waals surface area (Å²) in [4.78, 5) is 25.6. The van der Waals surface area contributed by atoms with Crippen molar-refractivity contribution in [3.63, 3.8) is 0 Å². The van der Waals surface area contributed by atoms with Gasteiger partial charge in [-0.2, -0.15) is 0 Å². The highest BCUT2D eigenvalue weighted by Crippen LogP contribution is 2.30. The fourth-order valence-electron chi connectivity index (χ4n) is 2.86. The van der Waals surface area contributed by atoms with Crippen LogP contribution in [0.1, 0.15) is 45.2 Å². The highest BCUT2D eigenvalue weighted by atomic mass is 32.1. The second-order valence-electron chi connectivity index (χ2n) is 5.48. The molecule has 1 heterocycles. The second-order valence-corrected chi connectivity index (χ2v) is 6.44. The molecule has 114 valence electrons. The molecule has 5 heteroatoms. The lowest BCUT2D eigenvalue weighted by atomic mass is 9.95. The molecule has 3 rings (SSSR count). The van der Waals surface area contributed by atoms with Crippen LogP contribution in [0.25, 0.3) is 0 Å². The predicted octanol–water partition coefficient (Wildman–Crippen LogP) is 2.58. The third kappa shape index (κ3) is 2.90. The molecule has 0 saturated carbocycles. The van der Waals surface area contributed by atoms with E-state index in [0.29, 0.717) is 11.1 Å². The quantitative estimate of drug-likeness (QED) is 0.910. The lowest BCUT2D eigenvalue weighted by Gasteiger charge is -2.17. The van der Waals surface area contributed by atoms with Crippen molar-refractivity contribution >= 4 is 23.2 Å². The van der Waals surface area contributed by atoms with Gasteiger partial charge in [0.25, 0.3) is 5.91 Å². The van der Waals surface area contributed by atoms with Crippen molar-refractivity contribution in [2.75, 3.05) is 0 Å². The molecule has 0 spiro atoms. The van der Waals surface area contributed by atoms with E-state index in [1.165, 1.54) is 11.3 Å². The van der Waals surface area contributed by atoms with Crippen LogP contribution in [0.3, 0.4) is 0 Å². The van der Waals surface area contributed by atoms with Gasteiger partial charge in [-0.25, -0.2) is 0 Å². The molecule has 1 atom stereocenters. The Balaban J connectivity index is 1.83. The maximum atomic E-state index is 12.6. The predicted molar refractivity (Wildman–Crippen MR) is 86.8 cm³/mol. The summed E-state index contributed by atoms with van der Waals surface area (Å²) in [5.41, 5.74) is 8.00. The van der Waals surface area contributed by atoms with E-state index < -0.39 is 11.9 Å². The van der Waals surface area contributed by atoms with Crippen LogP contribution in [0.2, 0.25) is 0 Å². The summed E-state index contributed by atoms with van der Waals surface area (Å²) < 4.78 is 0. The van der Waals surface area contributed by atoms with Gasteiger partial charge in [0.15, 0.2) is 0 Å². The summed E-state index contributed by atoms with van der Waals surface area (Å²) in [6, 6.07) is 8.29. The Kier molecular flexibility index (Phi) is 4.24. The number of primary amides is 1. The summed E-state index contributed by atoms with van der Waals surface area (Å²) in [5, 5.41) is 4.68. The number of nitrogens with one attached hydrogen (secondary N) is 1. The monoisotopic (exact) mass is 314 g/mol. The number of rotatable bonds is 4. The van der Waals surface area contributed by atoms with Crippen LogP contribution in [0.4, 0.5) is 0 Å². The number of thiophene rings is 1. The molecule has 1 aliphatic rings. The van der Waals surface area contributed by atoms with Gasteiger partial charge in [0.1, 0.15) is 6.04 Å². The highest BCUT2D eigenvalue weighted by Gasteiger charge is 2.24. The second kappa shape index (κ2) is 6.32. The molecule has 1 aromatic heterocycles. The van der Waals surface area contributed by atoms with Crippen LogP contribution < -0.4 is 11.1 Å². The Labute approximate surface area is 133 Å². The van der Waals surface area contributed by atoms with Gasteiger partial charge in [0.2, 0.25) is 5.91 Å². The maximum Gasteiger partial charge on any atom is 0.253 e. The Bertz CT molecular complexity index is 694. The molecule has 3 N–H and O–H groups in total. The largest absolute Gasteiger partial charge is 0.368 e. The number of benzene rings is 1. The van der Waals surface area contributed by atoms with Gasteiger partial charge in [-0.1, -0.05) is 30.3 Å². The molecular formula is C17H18N2O2S. The van der Waals surface area contributed by atoms with E-state index in [4.69, 9.17) is 5.73 Å². The lowest BCUT2D eigenvalue weighted by Crippen LogP contribution is -2.37. The highest BCUT2D eigenvalue weighted by molar-refractivity contribution is 7.10. The fraction of sp³-hybridized carbons (Fsp3) is 0.294. The number of fused-ring (bicyclic) bond motifs is 1. The zero-order chi connectivity index (χ0) is 15.5. The Morgan fingerprint density at radius 2 is 1.86 bits per heavy atom. The van der Waals surface area contributed by atoms with Gasteiger partial charge >= 0.3 is 0 Å². The fourth-order valence-corrected chi connectivity index (χ4v) is 3.98. The molecule has 4 nitrogen and oxygen atoms in total. The van der Waals surface area contributed by atoms with E-state index in [0.717, 1.165) is 24.8 Å². The van der Waals surface area contributed by atoms with Crippen molar-refractivity contribution in [2.24, 2.45) is 5.73 Å². The van der Waals surface area contributed by atoms with Crippen molar-refractivity contribution in [2.45, 2.75) is 31.7 Å². The molecule has 1 aliphatic carbocycles. The lowest BCUT2D eigenvalue weighted by molar-refractivity contribution is -0.120. The van der Waals surface area contributed by atoms with Crippen molar-refractivity contribution in [3.05, 3.63) is 57.3 Å². The first kappa shape index (κ1) is 14.8. The SMILES string of the molecule is NC(=O)[C@@H](NC(=O)c1csc2c1CCCC2)c1ccccc1. The molecule has 1 aromatic carbocycles. The Morgan fingerprint density at radius 1 is 1.14 bits per heavy atom. The minimum atomic E-state index is -0.798. The van der Waals surface area contributed by atoms with Crippen molar-refractivity contribution in [3.8, 4) is 0 Å². The molecule has 0 radical (unpaired) electrons. The van der Waals surface area contributed by atoms with Crippen LogP contribution in [0, 0.1) is 0 Å². The first-order chi connectivity index (χ1) is 10.7. The Hall–Kier alpha value is -2.14. The van der Waals surface area contributed by atoms with Crippen molar-refractivity contribution < 1.29 is 9.59 Å². The summed E-state index contributed by atoms with van der Waals surface area (Å²) in [6.07, 6.45) is 4.28. The van der Waals surface area contributed by atoms with Gasteiger partial charge in [-0.15, -0.1) is 11.3 Å². The zero-order valence-electron chi connectivity index (χ0n) is 12.2. The molecule has 0 unspecified atom stereocenters. The Morgan fingerprint density at radius 3 is 2.59 bits per heavy atom.